The Balaban J connectivity index is 2.09. The van der Waals surface area contributed by atoms with Crippen molar-refractivity contribution < 1.29 is 8.78 Å². The molecule has 0 radical (unpaired) electrons. The van der Waals surface area contributed by atoms with Gasteiger partial charge in [0, 0.05) is 19.0 Å². The second-order valence-electron chi connectivity index (χ2n) is 4.69. The van der Waals surface area contributed by atoms with Gasteiger partial charge in [0.05, 0.1) is 11.9 Å². The normalized spacial score (nSPS) is 21.6. The number of alkyl halides is 2. The lowest BCUT2D eigenvalue weighted by Gasteiger charge is -2.36. The van der Waals surface area contributed by atoms with Crippen molar-refractivity contribution >= 4 is 11.5 Å². The first kappa shape index (κ1) is 12.1. The topological polar surface area (TPSA) is 42.1 Å². The second kappa shape index (κ2) is 4.47. The van der Waals surface area contributed by atoms with Gasteiger partial charge >= 0.3 is 0 Å². The lowest BCUT2D eigenvalue weighted by atomic mass is 9.92. The molecule has 1 aliphatic rings. The van der Waals surface area contributed by atoms with E-state index in [9.17, 15) is 8.78 Å². The zero-order chi connectivity index (χ0) is 12.5. The predicted octanol–water partition coefficient (Wildman–Crippen LogP) is 2.54. The van der Waals surface area contributed by atoms with E-state index in [0.717, 1.165) is 25.7 Å². The fourth-order valence-electron chi connectivity index (χ4n) is 2.18. The molecule has 0 aliphatic carbocycles. The molecule has 0 saturated carbocycles. The lowest BCUT2D eigenvalue weighted by molar-refractivity contribution is -0.0440. The summed E-state index contributed by atoms with van der Waals surface area (Å²) in [7, 11) is 0. The minimum atomic E-state index is -2.62. The highest BCUT2D eigenvalue weighted by atomic mass is 19.3. The number of aromatic nitrogens is 1. The van der Waals surface area contributed by atoms with Crippen LogP contribution in [-0.2, 0) is 0 Å². The molecule has 0 aromatic carbocycles. The molecule has 1 aliphatic heterocycles. The van der Waals surface area contributed by atoms with Gasteiger partial charge < -0.3 is 10.6 Å². The van der Waals surface area contributed by atoms with E-state index in [2.05, 4.69) is 4.98 Å². The number of pyridine rings is 1. The maximum Gasteiger partial charge on any atom is 0.249 e. The highest BCUT2D eigenvalue weighted by molar-refractivity contribution is 5.46. The van der Waals surface area contributed by atoms with Crippen molar-refractivity contribution in [3.63, 3.8) is 0 Å². The van der Waals surface area contributed by atoms with Gasteiger partial charge in [-0.15, -0.1) is 0 Å². The SMILES string of the molecule is CC(F)(F)[C@@H]1CCCN(c2ccc(N)cn2)C1. The Bertz CT molecular complexity index is 372. The van der Waals surface area contributed by atoms with Gasteiger partial charge in [0.15, 0.2) is 0 Å². The molecular formula is C12H17F2N3. The molecule has 2 rings (SSSR count). The first-order valence-corrected chi connectivity index (χ1v) is 5.81. The number of nitrogens with two attached hydrogens (primary N) is 1. The molecule has 2 heterocycles. The number of anilines is 2. The van der Waals surface area contributed by atoms with Gasteiger partial charge in [0.25, 0.3) is 0 Å². The van der Waals surface area contributed by atoms with Crippen LogP contribution < -0.4 is 10.6 Å². The Morgan fingerprint density at radius 2 is 2.24 bits per heavy atom. The third-order valence-electron chi connectivity index (χ3n) is 3.23. The monoisotopic (exact) mass is 241 g/mol. The number of rotatable bonds is 2. The van der Waals surface area contributed by atoms with Crippen LogP contribution in [0.3, 0.4) is 0 Å². The summed E-state index contributed by atoms with van der Waals surface area (Å²) in [6.07, 6.45) is 2.91. The van der Waals surface area contributed by atoms with Crippen LogP contribution in [0.5, 0.6) is 0 Å². The summed E-state index contributed by atoms with van der Waals surface area (Å²) in [5.41, 5.74) is 6.14. The standard InChI is InChI=1S/C12H17F2N3/c1-12(13,14)9-3-2-6-17(8-9)11-5-4-10(15)7-16-11/h4-5,7,9H,2-3,6,8,15H2,1H3/t9-/m1/s1. The molecule has 17 heavy (non-hydrogen) atoms. The van der Waals surface area contributed by atoms with Crippen LogP contribution in [0.4, 0.5) is 20.3 Å². The van der Waals surface area contributed by atoms with Crippen molar-refractivity contribution in [1.29, 1.82) is 0 Å². The summed E-state index contributed by atoms with van der Waals surface area (Å²) >= 11 is 0. The number of halogens is 2. The Hall–Kier alpha value is -1.39. The van der Waals surface area contributed by atoms with Crippen molar-refractivity contribution in [2.24, 2.45) is 5.92 Å². The molecular weight excluding hydrogens is 224 g/mol. The Morgan fingerprint density at radius 3 is 2.82 bits per heavy atom. The van der Waals surface area contributed by atoms with E-state index in [1.165, 1.54) is 0 Å². The van der Waals surface area contributed by atoms with E-state index in [1.807, 2.05) is 4.90 Å². The van der Waals surface area contributed by atoms with E-state index in [4.69, 9.17) is 5.73 Å². The predicted molar refractivity (Wildman–Crippen MR) is 64.2 cm³/mol. The third-order valence-corrected chi connectivity index (χ3v) is 3.23. The van der Waals surface area contributed by atoms with Crippen LogP contribution in [0.1, 0.15) is 19.8 Å². The highest BCUT2D eigenvalue weighted by Gasteiger charge is 2.37. The molecule has 2 N–H and O–H groups in total. The Kier molecular flexibility index (Phi) is 3.17. The van der Waals surface area contributed by atoms with Crippen LogP contribution in [0.15, 0.2) is 18.3 Å². The first-order chi connectivity index (χ1) is 7.97. The molecule has 94 valence electrons. The smallest absolute Gasteiger partial charge is 0.249 e. The molecule has 1 atom stereocenters. The number of hydrogen-bond donors (Lipinski definition) is 1. The zero-order valence-electron chi connectivity index (χ0n) is 9.87. The van der Waals surface area contributed by atoms with Gasteiger partial charge in [-0.1, -0.05) is 0 Å². The van der Waals surface area contributed by atoms with Crippen molar-refractivity contribution in [3.8, 4) is 0 Å². The van der Waals surface area contributed by atoms with E-state index >= 15 is 0 Å². The van der Waals surface area contributed by atoms with Gasteiger partial charge in [-0.2, -0.15) is 0 Å². The van der Waals surface area contributed by atoms with Gasteiger partial charge in [-0.05, 0) is 31.9 Å². The average molecular weight is 241 g/mol. The first-order valence-electron chi connectivity index (χ1n) is 5.81. The second-order valence-corrected chi connectivity index (χ2v) is 4.69. The van der Waals surface area contributed by atoms with Crippen LogP contribution >= 0.6 is 0 Å². The van der Waals surface area contributed by atoms with Crippen molar-refractivity contribution in [2.45, 2.75) is 25.7 Å². The molecule has 1 aromatic rings. The quantitative estimate of drug-likeness (QED) is 0.865. The molecule has 3 nitrogen and oxygen atoms in total. The number of hydrogen-bond acceptors (Lipinski definition) is 3. The molecule has 0 unspecified atom stereocenters. The van der Waals surface area contributed by atoms with Crippen LogP contribution in [0.25, 0.3) is 0 Å². The van der Waals surface area contributed by atoms with Crippen molar-refractivity contribution in [2.75, 3.05) is 23.7 Å². The maximum absolute atomic E-state index is 13.3. The minimum absolute atomic E-state index is 0.362. The van der Waals surface area contributed by atoms with Gasteiger partial charge in [-0.25, -0.2) is 13.8 Å². The zero-order valence-corrected chi connectivity index (χ0v) is 9.87. The van der Waals surface area contributed by atoms with Gasteiger partial charge in [-0.3, -0.25) is 0 Å². The summed E-state index contributed by atoms with van der Waals surface area (Å²) in [5.74, 6) is -2.48. The highest BCUT2D eigenvalue weighted by Crippen LogP contribution is 2.32. The molecule has 1 aromatic heterocycles. The van der Waals surface area contributed by atoms with Crippen molar-refractivity contribution in [1.82, 2.24) is 4.98 Å². The number of nitrogens with zero attached hydrogens (tertiary/aromatic N) is 2. The van der Waals surface area contributed by atoms with E-state index < -0.39 is 11.8 Å². The molecule has 1 fully saturated rings. The van der Waals surface area contributed by atoms with Gasteiger partial charge in [0.1, 0.15) is 5.82 Å². The van der Waals surface area contributed by atoms with Crippen LogP contribution in [0.2, 0.25) is 0 Å². The Labute approximate surface area is 99.6 Å². The number of piperidine rings is 1. The summed E-state index contributed by atoms with van der Waals surface area (Å²) < 4.78 is 26.6. The van der Waals surface area contributed by atoms with E-state index in [1.54, 1.807) is 18.3 Å². The third kappa shape index (κ3) is 2.84. The summed E-state index contributed by atoms with van der Waals surface area (Å²) in [5, 5.41) is 0. The summed E-state index contributed by atoms with van der Waals surface area (Å²) in [4.78, 5) is 6.08. The van der Waals surface area contributed by atoms with Crippen LogP contribution in [-0.4, -0.2) is 24.0 Å². The average Bonchev–Trinajstić information content (AvgIpc) is 2.29. The fraction of sp³-hybridized carbons (Fsp3) is 0.583. The van der Waals surface area contributed by atoms with E-state index in [-0.39, 0.29) is 0 Å². The fourth-order valence-corrected chi connectivity index (χ4v) is 2.18. The molecule has 0 bridgehead atoms. The number of nitrogen functional groups attached to an aromatic ring is 1. The lowest BCUT2D eigenvalue weighted by Crippen LogP contribution is -2.42. The molecule has 1 saturated heterocycles. The van der Waals surface area contributed by atoms with E-state index in [0.29, 0.717) is 18.7 Å². The molecule has 5 heteroatoms. The minimum Gasteiger partial charge on any atom is -0.397 e. The summed E-state index contributed by atoms with van der Waals surface area (Å²) in [6.45, 7) is 2.14. The van der Waals surface area contributed by atoms with Gasteiger partial charge in [0.2, 0.25) is 5.92 Å². The Morgan fingerprint density at radius 1 is 1.47 bits per heavy atom. The van der Waals surface area contributed by atoms with Crippen molar-refractivity contribution in [3.05, 3.63) is 18.3 Å². The molecule has 0 amide bonds. The molecule has 0 spiro atoms. The maximum atomic E-state index is 13.3. The summed E-state index contributed by atoms with van der Waals surface area (Å²) in [6, 6.07) is 3.53. The van der Waals surface area contributed by atoms with Crippen LogP contribution in [0, 0.1) is 5.92 Å². The largest absolute Gasteiger partial charge is 0.397 e.